The largest absolute Gasteiger partial charge is 0.462 e. The van der Waals surface area contributed by atoms with Crippen LogP contribution in [0.4, 0.5) is 0 Å². The third kappa shape index (κ3) is 53.3. The van der Waals surface area contributed by atoms with Crippen LogP contribution in [-0.2, 0) is 28.6 Å². The van der Waals surface area contributed by atoms with Crippen LogP contribution < -0.4 is 0 Å². The number of rotatable bonds is 50. The molecule has 1 unspecified atom stereocenters. The molecule has 0 saturated heterocycles. The first-order valence-electron chi connectivity index (χ1n) is 28.2. The Hall–Kier alpha value is -3.67. The molecular weight excluding hydrogens is 841 g/mol. The minimum absolute atomic E-state index is 0.109. The molecule has 6 nitrogen and oxygen atoms in total. The van der Waals surface area contributed by atoms with Crippen LogP contribution in [0.2, 0.25) is 0 Å². The lowest BCUT2D eigenvalue weighted by molar-refractivity contribution is -0.167. The Morgan fingerprint density at radius 1 is 0.309 bits per heavy atom. The highest BCUT2D eigenvalue weighted by Gasteiger charge is 2.19. The first-order chi connectivity index (χ1) is 33.5. The van der Waals surface area contributed by atoms with Crippen molar-refractivity contribution in [3.05, 3.63) is 97.2 Å². The van der Waals surface area contributed by atoms with Crippen molar-refractivity contribution in [3.63, 3.8) is 0 Å². The second-order valence-electron chi connectivity index (χ2n) is 18.5. The summed E-state index contributed by atoms with van der Waals surface area (Å²) < 4.78 is 16.8. The van der Waals surface area contributed by atoms with E-state index in [2.05, 4.69) is 118 Å². The van der Waals surface area contributed by atoms with Crippen molar-refractivity contribution in [3.8, 4) is 0 Å². The third-order valence-corrected chi connectivity index (χ3v) is 11.8. The van der Waals surface area contributed by atoms with Crippen LogP contribution in [0.15, 0.2) is 97.2 Å². The van der Waals surface area contributed by atoms with Gasteiger partial charge in [-0.1, -0.05) is 221 Å². The van der Waals surface area contributed by atoms with Gasteiger partial charge in [0.2, 0.25) is 0 Å². The van der Waals surface area contributed by atoms with E-state index in [1.807, 2.05) is 0 Å². The maximum absolute atomic E-state index is 12.8. The normalized spacial score (nSPS) is 12.8. The first-order valence-corrected chi connectivity index (χ1v) is 28.2. The van der Waals surface area contributed by atoms with Crippen molar-refractivity contribution in [2.75, 3.05) is 13.2 Å². The van der Waals surface area contributed by atoms with Gasteiger partial charge in [0.15, 0.2) is 6.10 Å². The van der Waals surface area contributed by atoms with Gasteiger partial charge in [0.1, 0.15) is 13.2 Å². The van der Waals surface area contributed by atoms with Gasteiger partial charge in [-0.3, -0.25) is 14.4 Å². The number of esters is 3. The second-order valence-corrected chi connectivity index (χ2v) is 18.5. The Balaban J connectivity index is 4.49. The summed E-state index contributed by atoms with van der Waals surface area (Å²) in [7, 11) is 0. The van der Waals surface area contributed by atoms with Crippen LogP contribution in [0.25, 0.3) is 0 Å². The first kappa shape index (κ1) is 64.3. The van der Waals surface area contributed by atoms with Gasteiger partial charge in [-0.2, -0.15) is 0 Å². The summed E-state index contributed by atoms with van der Waals surface area (Å²) in [6.45, 7) is 6.43. The number of hydrogen-bond acceptors (Lipinski definition) is 6. The molecular formula is C62H104O6. The summed E-state index contributed by atoms with van der Waals surface area (Å²) in [6.07, 6.45) is 74.0. The van der Waals surface area contributed by atoms with Crippen molar-refractivity contribution in [2.24, 2.45) is 0 Å². The monoisotopic (exact) mass is 945 g/mol. The summed E-state index contributed by atoms with van der Waals surface area (Å²) in [6, 6.07) is 0. The molecule has 0 amide bonds. The van der Waals surface area contributed by atoms with Gasteiger partial charge in [0.05, 0.1) is 0 Å². The number of carbonyl (C=O) groups is 3. The maximum Gasteiger partial charge on any atom is 0.306 e. The predicted octanol–water partition coefficient (Wildman–Crippen LogP) is 18.9. The molecule has 0 saturated carbocycles. The van der Waals surface area contributed by atoms with Crippen molar-refractivity contribution in [2.45, 2.75) is 264 Å². The summed E-state index contributed by atoms with van der Waals surface area (Å²) in [5.74, 6) is -0.992. The molecule has 0 radical (unpaired) electrons. The minimum Gasteiger partial charge on any atom is -0.462 e. The molecule has 388 valence electrons. The molecule has 1 atom stereocenters. The summed E-state index contributed by atoms with van der Waals surface area (Å²) >= 11 is 0. The number of hydrogen-bond donors (Lipinski definition) is 0. The molecule has 0 aliphatic heterocycles. The molecule has 0 aromatic heterocycles. The molecule has 0 N–H and O–H groups in total. The zero-order valence-corrected chi connectivity index (χ0v) is 44.3. The lowest BCUT2D eigenvalue weighted by Gasteiger charge is -2.18. The zero-order valence-electron chi connectivity index (χ0n) is 44.3. The van der Waals surface area contributed by atoms with E-state index in [0.717, 1.165) is 96.3 Å². The standard InChI is InChI=1S/C62H104O6/c1-4-7-10-13-16-19-22-25-28-30-31-33-34-37-40-43-46-49-52-55-61(64)67-58-59(57-66-60(63)54-51-48-45-42-39-36-27-24-21-18-15-12-9-6-3)68-62(65)56-53-50-47-44-41-38-35-32-29-26-23-20-17-14-11-8-5-2/h9,12,17-18,20-21,26-27,29-31,35-36,38,44,47,59H,4-8,10-11,13-16,19,22-25,28,32-34,37,39-43,45-46,48-58H2,1-3H3/b12-9-,20-17-,21-18-,29-26-,31-30-,36-27-,38-35-,47-44-. The molecule has 0 rings (SSSR count). The van der Waals surface area contributed by atoms with E-state index in [4.69, 9.17) is 14.2 Å². The molecule has 0 spiro atoms. The highest BCUT2D eigenvalue weighted by atomic mass is 16.6. The quantitative estimate of drug-likeness (QED) is 0.0262. The lowest BCUT2D eigenvalue weighted by Crippen LogP contribution is -2.30. The molecule has 0 fully saturated rings. The molecule has 68 heavy (non-hydrogen) atoms. The van der Waals surface area contributed by atoms with Crippen LogP contribution in [0.5, 0.6) is 0 Å². The van der Waals surface area contributed by atoms with Gasteiger partial charge in [-0.15, -0.1) is 0 Å². The Morgan fingerprint density at radius 2 is 0.588 bits per heavy atom. The van der Waals surface area contributed by atoms with E-state index in [1.165, 1.54) is 116 Å². The highest BCUT2D eigenvalue weighted by molar-refractivity contribution is 5.71. The zero-order chi connectivity index (χ0) is 49.3. The summed E-state index contributed by atoms with van der Waals surface area (Å²) in [5, 5.41) is 0. The van der Waals surface area contributed by atoms with Crippen molar-refractivity contribution in [1.29, 1.82) is 0 Å². The average molecular weight is 946 g/mol. The van der Waals surface area contributed by atoms with E-state index in [9.17, 15) is 14.4 Å². The van der Waals surface area contributed by atoms with Gasteiger partial charge in [0.25, 0.3) is 0 Å². The average Bonchev–Trinajstić information content (AvgIpc) is 3.34. The third-order valence-electron chi connectivity index (χ3n) is 11.8. The second kappa shape index (κ2) is 55.9. The van der Waals surface area contributed by atoms with Gasteiger partial charge in [-0.05, 0) is 116 Å². The van der Waals surface area contributed by atoms with Crippen LogP contribution in [0, 0.1) is 0 Å². The van der Waals surface area contributed by atoms with Crippen LogP contribution >= 0.6 is 0 Å². The van der Waals surface area contributed by atoms with Gasteiger partial charge in [-0.25, -0.2) is 0 Å². The summed E-state index contributed by atoms with van der Waals surface area (Å²) in [5.41, 5.74) is 0. The van der Waals surface area contributed by atoms with Gasteiger partial charge in [0, 0.05) is 19.3 Å². The highest BCUT2D eigenvalue weighted by Crippen LogP contribution is 2.14. The Bertz CT molecular complexity index is 1360. The fraction of sp³-hybridized carbons (Fsp3) is 0.694. The van der Waals surface area contributed by atoms with Crippen molar-refractivity contribution in [1.82, 2.24) is 0 Å². The SMILES string of the molecule is CC/C=C\C/C=C\C/C=C\CCCCCCC(=O)OCC(COC(=O)CCCCCCCCC/C=C\CCCCCCCCCC)OC(=O)CCC/C=C\C/C=C\C/C=C\C/C=C\CCCCC. The minimum atomic E-state index is -0.818. The smallest absolute Gasteiger partial charge is 0.306 e. The molecule has 0 aliphatic carbocycles. The molecule has 0 heterocycles. The molecule has 0 bridgehead atoms. The number of unbranched alkanes of at least 4 members (excludes halogenated alkanes) is 23. The molecule has 0 aromatic rings. The van der Waals surface area contributed by atoms with Gasteiger partial charge >= 0.3 is 17.9 Å². The van der Waals surface area contributed by atoms with E-state index in [-0.39, 0.29) is 37.5 Å². The Labute approximate surface area is 419 Å². The summed E-state index contributed by atoms with van der Waals surface area (Å²) in [4.78, 5) is 38.1. The Kier molecular flexibility index (Phi) is 52.9. The Morgan fingerprint density at radius 3 is 0.985 bits per heavy atom. The van der Waals surface area contributed by atoms with E-state index in [0.29, 0.717) is 19.3 Å². The number of allylic oxidation sites excluding steroid dienone is 16. The van der Waals surface area contributed by atoms with Crippen molar-refractivity contribution < 1.29 is 28.6 Å². The molecule has 0 aromatic carbocycles. The van der Waals surface area contributed by atoms with Crippen molar-refractivity contribution >= 4 is 17.9 Å². The van der Waals surface area contributed by atoms with Gasteiger partial charge < -0.3 is 14.2 Å². The van der Waals surface area contributed by atoms with Crippen LogP contribution in [0.1, 0.15) is 258 Å². The fourth-order valence-corrected chi connectivity index (χ4v) is 7.56. The van der Waals surface area contributed by atoms with Crippen LogP contribution in [0.3, 0.4) is 0 Å². The molecule has 6 heteroatoms. The van der Waals surface area contributed by atoms with E-state index < -0.39 is 6.10 Å². The van der Waals surface area contributed by atoms with Crippen LogP contribution in [-0.4, -0.2) is 37.2 Å². The topological polar surface area (TPSA) is 78.9 Å². The molecule has 0 aliphatic rings. The lowest BCUT2D eigenvalue weighted by atomic mass is 10.1. The fourth-order valence-electron chi connectivity index (χ4n) is 7.56. The maximum atomic E-state index is 12.8. The number of carbonyl (C=O) groups excluding carboxylic acids is 3. The number of ether oxygens (including phenoxy) is 3. The van der Waals surface area contributed by atoms with E-state index in [1.54, 1.807) is 0 Å². The van der Waals surface area contributed by atoms with E-state index >= 15 is 0 Å². The predicted molar refractivity (Wildman–Crippen MR) is 293 cm³/mol.